The van der Waals surface area contributed by atoms with Crippen LogP contribution in [0.4, 0.5) is 4.79 Å². The van der Waals surface area contributed by atoms with Crippen LogP contribution in [0, 0.1) is 11.3 Å². The summed E-state index contributed by atoms with van der Waals surface area (Å²) in [6.45, 7) is 0.442. The highest BCUT2D eigenvalue weighted by atomic mass is 16.5. The molecule has 2 aromatic rings. The van der Waals surface area contributed by atoms with Crippen molar-refractivity contribution < 1.29 is 24.2 Å². The molecule has 0 aromatic heterocycles. The summed E-state index contributed by atoms with van der Waals surface area (Å²) >= 11 is 0. The highest BCUT2D eigenvalue weighted by Crippen LogP contribution is 2.44. The zero-order chi connectivity index (χ0) is 24.8. The van der Waals surface area contributed by atoms with E-state index in [0.717, 1.165) is 28.7 Å². The number of carboxylic acid groups (broad SMARTS) is 1. The number of nitriles is 1. The molecular formula is C27H29N3O5. The van der Waals surface area contributed by atoms with Gasteiger partial charge in [0.25, 0.3) is 0 Å². The molecule has 1 aliphatic carbocycles. The molecule has 1 fully saturated rings. The van der Waals surface area contributed by atoms with Crippen molar-refractivity contribution in [3.63, 3.8) is 0 Å². The van der Waals surface area contributed by atoms with Crippen molar-refractivity contribution in [3.8, 4) is 17.2 Å². The highest BCUT2D eigenvalue weighted by Gasteiger charge is 2.36. The molecule has 1 unspecified atom stereocenters. The Balaban J connectivity index is 1.44. The van der Waals surface area contributed by atoms with Gasteiger partial charge in [0, 0.05) is 18.9 Å². The van der Waals surface area contributed by atoms with Crippen LogP contribution < -0.4 is 5.32 Å². The van der Waals surface area contributed by atoms with Crippen LogP contribution in [-0.4, -0.2) is 53.2 Å². The molecule has 1 aliphatic heterocycles. The normalized spacial score (nSPS) is 17.6. The Morgan fingerprint density at radius 3 is 2.37 bits per heavy atom. The maximum atomic E-state index is 13.2. The number of piperidine rings is 1. The van der Waals surface area contributed by atoms with Gasteiger partial charge in [0.15, 0.2) is 0 Å². The van der Waals surface area contributed by atoms with Crippen molar-refractivity contribution in [2.24, 2.45) is 0 Å². The molecule has 35 heavy (non-hydrogen) atoms. The Morgan fingerprint density at radius 2 is 1.74 bits per heavy atom. The summed E-state index contributed by atoms with van der Waals surface area (Å²) < 4.78 is 5.59. The largest absolute Gasteiger partial charge is 0.480 e. The SMILES string of the molecule is N#CCCCC(NC(=O)OCC1c2ccccc2-c2ccccc21)C(=O)N1CCCC[C@H]1C(=O)O. The third-order valence-electron chi connectivity index (χ3n) is 6.79. The monoisotopic (exact) mass is 475 g/mol. The van der Waals surface area contributed by atoms with Gasteiger partial charge in [-0.05, 0) is 54.4 Å². The first-order valence-corrected chi connectivity index (χ1v) is 12.0. The van der Waals surface area contributed by atoms with E-state index < -0.39 is 30.1 Å². The number of nitrogens with zero attached hydrogens (tertiary/aromatic N) is 2. The first-order valence-electron chi connectivity index (χ1n) is 12.0. The van der Waals surface area contributed by atoms with Gasteiger partial charge in [0.1, 0.15) is 18.7 Å². The van der Waals surface area contributed by atoms with E-state index in [4.69, 9.17) is 10.00 Å². The van der Waals surface area contributed by atoms with Gasteiger partial charge in [-0.2, -0.15) is 5.26 Å². The molecule has 1 heterocycles. The van der Waals surface area contributed by atoms with Gasteiger partial charge in [0.05, 0.1) is 6.07 Å². The van der Waals surface area contributed by atoms with Crippen LogP contribution in [0.15, 0.2) is 48.5 Å². The Bertz CT molecular complexity index is 1100. The van der Waals surface area contributed by atoms with Gasteiger partial charge >= 0.3 is 12.1 Å². The Kier molecular flexibility index (Phi) is 7.66. The van der Waals surface area contributed by atoms with Crippen molar-refractivity contribution in [1.29, 1.82) is 5.26 Å². The molecule has 2 N–H and O–H groups in total. The Labute approximate surface area is 204 Å². The number of unbranched alkanes of at least 4 members (excludes halogenated alkanes) is 1. The summed E-state index contributed by atoms with van der Waals surface area (Å²) in [4.78, 5) is 39.0. The lowest BCUT2D eigenvalue weighted by atomic mass is 9.98. The van der Waals surface area contributed by atoms with Crippen molar-refractivity contribution in [2.45, 2.75) is 56.5 Å². The van der Waals surface area contributed by atoms with E-state index in [9.17, 15) is 19.5 Å². The van der Waals surface area contributed by atoms with Gasteiger partial charge in [0.2, 0.25) is 5.91 Å². The number of carbonyl (C=O) groups is 3. The second kappa shape index (κ2) is 11.0. The number of aliphatic carboxylic acids is 1. The summed E-state index contributed by atoms with van der Waals surface area (Å²) in [5, 5.41) is 21.1. The van der Waals surface area contributed by atoms with Gasteiger partial charge < -0.3 is 20.1 Å². The summed E-state index contributed by atoms with van der Waals surface area (Å²) in [6, 6.07) is 16.2. The summed E-state index contributed by atoms with van der Waals surface area (Å²) in [5.41, 5.74) is 4.40. The molecule has 2 amide bonds. The minimum absolute atomic E-state index is 0.112. The van der Waals surface area contributed by atoms with Crippen LogP contribution in [0.3, 0.4) is 0 Å². The number of hydrogen-bond donors (Lipinski definition) is 2. The van der Waals surface area contributed by atoms with Crippen LogP contribution in [0.25, 0.3) is 11.1 Å². The number of amides is 2. The molecule has 0 saturated carbocycles. The number of carboxylic acids is 1. The molecule has 2 aromatic carbocycles. The number of alkyl carbamates (subject to hydrolysis) is 1. The average Bonchev–Trinajstić information content (AvgIpc) is 3.20. The lowest BCUT2D eigenvalue weighted by Crippen LogP contribution is -2.55. The van der Waals surface area contributed by atoms with E-state index >= 15 is 0 Å². The molecule has 2 aliphatic rings. The first-order chi connectivity index (χ1) is 17.0. The number of ether oxygens (including phenoxy) is 1. The van der Waals surface area contributed by atoms with E-state index in [-0.39, 0.29) is 25.4 Å². The first kappa shape index (κ1) is 24.3. The van der Waals surface area contributed by atoms with Gasteiger partial charge in [-0.25, -0.2) is 9.59 Å². The van der Waals surface area contributed by atoms with E-state index in [1.165, 1.54) is 4.90 Å². The maximum Gasteiger partial charge on any atom is 0.407 e. The van der Waals surface area contributed by atoms with Crippen LogP contribution in [0.1, 0.15) is 55.6 Å². The van der Waals surface area contributed by atoms with E-state index in [1.54, 1.807) is 0 Å². The fourth-order valence-electron chi connectivity index (χ4n) is 5.08. The Hall–Kier alpha value is -3.86. The van der Waals surface area contributed by atoms with Gasteiger partial charge in [-0.1, -0.05) is 48.5 Å². The molecular weight excluding hydrogens is 446 g/mol. The number of carbonyl (C=O) groups excluding carboxylic acids is 2. The van der Waals surface area contributed by atoms with Gasteiger partial charge in [-0.15, -0.1) is 0 Å². The molecule has 1 saturated heterocycles. The fraction of sp³-hybridized carbons (Fsp3) is 0.407. The summed E-state index contributed by atoms with van der Waals surface area (Å²) in [5.74, 6) is -1.60. The summed E-state index contributed by atoms with van der Waals surface area (Å²) in [7, 11) is 0. The second-order valence-corrected chi connectivity index (χ2v) is 8.95. The zero-order valence-electron chi connectivity index (χ0n) is 19.5. The quantitative estimate of drug-likeness (QED) is 0.556. The van der Waals surface area contributed by atoms with E-state index in [1.807, 2.05) is 42.5 Å². The van der Waals surface area contributed by atoms with Crippen LogP contribution in [0.2, 0.25) is 0 Å². The van der Waals surface area contributed by atoms with Crippen LogP contribution in [-0.2, 0) is 14.3 Å². The fourth-order valence-corrected chi connectivity index (χ4v) is 5.08. The van der Waals surface area contributed by atoms with Gasteiger partial charge in [-0.3, -0.25) is 4.79 Å². The topological polar surface area (TPSA) is 120 Å². The lowest BCUT2D eigenvalue weighted by molar-refractivity contribution is -0.153. The van der Waals surface area contributed by atoms with Crippen molar-refractivity contribution in [3.05, 3.63) is 59.7 Å². The molecule has 8 nitrogen and oxygen atoms in total. The summed E-state index contributed by atoms with van der Waals surface area (Å²) in [6.07, 6.45) is 1.98. The van der Waals surface area contributed by atoms with E-state index in [0.29, 0.717) is 25.8 Å². The minimum Gasteiger partial charge on any atom is -0.480 e. The molecule has 8 heteroatoms. The number of fused-ring (bicyclic) bond motifs is 3. The average molecular weight is 476 g/mol. The number of hydrogen-bond acceptors (Lipinski definition) is 5. The predicted molar refractivity (Wildman–Crippen MR) is 128 cm³/mol. The third kappa shape index (κ3) is 5.29. The number of rotatable bonds is 8. The zero-order valence-corrected chi connectivity index (χ0v) is 19.5. The Morgan fingerprint density at radius 1 is 1.09 bits per heavy atom. The lowest BCUT2D eigenvalue weighted by Gasteiger charge is -2.35. The number of benzene rings is 2. The molecule has 4 rings (SSSR count). The smallest absolute Gasteiger partial charge is 0.407 e. The number of nitrogens with one attached hydrogen (secondary N) is 1. The van der Waals surface area contributed by atoms with Crippen LogP contribution in [0.5, 0.6) is 0 Å². The van der Waals surface area contributed by atoms with Crippen LogP contribution >= 0.6 is 0 Å². The maximum absolute atomic E-state index is 13.2. The standard InChI is InChI=1S/C27H29N3O5/c28-15-7-5-13-23(25(31)30-16-8-6-14-24(30)26(32)33)29-27(34)35-17-22-20-11-3-1-9-18(20)19-10-2-4-12-21(19)22/h1-4,9-12,22-24H,5-8,13-14,16-17H2,(H,29,34)(H,32,33)/t23?,24-/m0/s1. The van der Waals surface area contributed by atoms with Crippen molar-refractivity contribution in [1.82, 2.24) is 10.2 Å². The molecule has 182 valence electrons. The number of likely N-dealkylation sites (tertiary alicyclic amines) is 1. The second-order valence-electron chi connectivity index (χ2n) is 8.95. The van der Waals surface area contributed by atoms with Crippen molar-refractivity contribution in [2.75, 3.05) is 13.2 Å². The van der Waals surface area contributed by atoms with Crippen molar-refractivity contribution >= 4 is 18.0 Å². The molecule has 2 atom stereocenters. The molecule has 0 bridgehead atoms. The highest BCUT2D eigenvalue weighted by molar-refractivity contribution is 5.89. The molecule has 0 spiro atoms. The predicted octanol–water partition coefficient (Wildman–Crippen LogP) is 4.05. The third-order valence-corrected chi connectivity index (χ3v) is 6.79. The minimum atomic E-state index is -1.05. The van der Waals surface area contributed by atoms with E-state index in [2.05, 4.69) is 17.4 Å². The molecule has 0 radical (unpaired) electrons.